The van der Waals surface area contributed by atoms with E-state index in [1.54, 1.807) is 4.90 Å². The molecule has 0 atom stereocenters. The summed E-state index contributed by atoms with van der Waals surface area (Å²) in [5, 5.41) is 4.83. The van der Waals surface area contributed by atoms with Gasteiger partial charge in [-0.25, -0.2) is 9.37 Å². The monoisotopic (exact) mass is 481 g/mol. The highest BCUT2D eigenvalue weighted by Crippen LogP contribution is 2.24. The first-order valence-corrected chi connectivity index (χ1v) is 11.3. The average molecular weight is 482 g/mol. The number of carbonyl (C=O) groups is 1. The molecule has 0 saturated carbocycles. The number of aromatic nitrogens is 3. The molecule has 3 heterocycles. The second kappa shape index (κ2) is 9.26. The summed E-state index contributed by atoms with van der Waals surface area (Å²) in [5.74, 6) is -0.416. The third-order valence-corrected chi connectivity index (χ3v) is 6.19. The molecule has 0 radical (unpaired) electrons. The molecule has 2 aromatic heterocycles. The van der Waals surface area contributed by atoms with Crippen LogP contribution in [0.1, 0.15) is 6.42 Å². The van der Waals surface area contributed by atoms with Gasteiger partial charge in [0.2, 0.25) is 5.91 Å². The van der Waals surface area contributed by atoms with Gasteiger partial charge in [0, 0.05) is 55.4 Å². The number of hydrogen-bond donors (Lipinski definition) is 0. The van der Waals surface area contributed by atoms with Gasteiger partial charge in [-0.1, -0.05) is 22.8 Å². The SMILES string of the molecule is O=C(CCn1cnc2onc(-c3ccc(F)cc3)c2c1=O)N1CCN(c2cccc(Cl)c2)CC1. The Kier molecular flexibility index (Phi) is 6.02. The van der Waals surface area contributed by atoms with Crippen LogP contribution in [-0.2, 0) is 11.3 Å². The lowest BCUT2D eigenvalue weighted by Crippen LogP contribution is -2.49. The van der Waals surface area contributed by atoms with Gasteiger partial charge in [-0.15, -0.1) is 0 Å². The van der Waals surface area contributed by atoms with E-state index in [0.29, 0.717) is 42.5 Å². The second-order valence-electron chi connectivity index (χ2n) is 8.06. The fourth-order valence-electron chi connectivity index (χ4n) is 4.11. The van der Waals surface area contributed by atoms with E-state index in [1.165, 1.54) is 35.2 Å². The highest BCUT2D eigenvalue weighted by atomic mass is 35.5. The van der Waals surface area contributed by atoms with Crippen LogP contribution in [-0.4, -0.2) is 51.7 Å². The van der Waals surface area contributed by atoms with E-state index in [4.69, 9.17) is 16.1 Å². The van der Waals surface area contributed by atoms with Gasteiger partial charge < -0.3 is 14.3 Å². The number of piperazine rings is 1. The van der Waals surface area contributed by atoms with Crippen LogP contribution in [0.2, 0.25) is 5.02 Å². The van der Waals surface area contributed by atoms with Crippen LogP contribution in [0.25, 0.3) is 22.4 Å². The van der Waals surface area contributed by atoms with Gasteiger partial charge in [-0.05, 0) is 42.5 Å². The van der Waals surface area contributed by atoms with Crippen LogP contribution in [0.5, 0.6) is 0 Å². The highest BCUT2D eigenvalue weighted by molar-refractivity contribution is 6.30. The summed E-state index contributed by atoms with van der Waals surface area (Å²) < 4.78 is 19.8. The summed E-state index contributed by atoms with van der Waals surface area (Å²) in [7, 11) is 0. The Morgan fingerprint density at radius 3 is 2.59 bits per heavy atom. The van der Waals surface area contributed by atoms with Crippen molar-refractivity contribution < 1.29 is 13.7 Å². The van der Waals surface area contributed by atoms with Crippen molar-refractivity contribution >= 4 is 34.3 Å². The molecule has 0 bridgehead atoms. The third-order valence-electron chi connectivity index (χ3n) is 5.95. The van der Waals surface area contributed by atoms with Gasteiger partial charge in [0.1, 0.15) is 23.2 Å². The van der Waals surface area contributed by atoms with Crippen LogP contribution >= 0.6 is 11.6 Å². The van der Waals surface area contributed by atoms with Gasteiger partial charge in [0.05, 0.1) is 0 Å². The molecule has 1 aliphatic rings. The van der Waals surface area contributed by atoms with Gasteiger partial charge in [0.15, 0.2) is 0 Å². The molecule has 1 saturated heterocycles. The summed E-state index contributed by atoms with van der Waals surface area (Å²) in [6, 6.07) is 13.3. The minimum atomic E-state index is -0.390. The Morgan fingerprint density at radius 2 is 1.85 bits per heavy atom. The zero-order valence-electron chi connectivity index (χ0n) is 18.2. The molecule has 0 aliphatic carbocycles. The van der Waals surface area contributed by atoms with Crippen molar-refractivity contribution in [2.24, 2.45) is 0 Å². The van der Waals surface area contributed by atoms with E-state index in [0.717, 1.165) is 5.69 Å². The van der Waals surface area contributed by atoms with Crippen molar-refractivity contribution in [1.82, 2.24) is 19.6 Å². The molecule has 0 N–H and O–H groups in total. The maximum Gasteiger partial charge on any atom is 0.266 e. The Bertz CT molecular complexity index is 1390. The number of nitrogens with zero attached hydrogens (tertiary/aromatic N) is 5. The summed E-state index contributed by atoms with van der Waals surface area (Å²) in [6.07, 6.45) is 1.52. The Balaban J connectivity index is 1.26. The van der Waals surface area contributed by atoms with Crippen molar-refractivity contribution in [2.75, 3.05) is 31.1 Å². The van der Waals surface area contributed by atoms with Crippen LogP contribution in [0.3, 0.4) is 0 Å². The minimum absolute atomic E-state index is 0.0261. The number of aryl methyl sites for hydroxylation is 1. The van der Waals surface area contributed by atoms with Crippen molar-refractivity contribution in [3.05, 3.63) is 76.1 Å². The van der Waals surface area contributed by atoms with Crippen LogP contribution in [0.4, 0.5) is 10.1 Å². The predicted octanol–water partition coefficient (Wildman–Crippen LogP) is 3.58. The number of anilines is 1. The standard InChI is InChI=1S/C24H21ClFN5O3/c25-17-2-1-3-19(14-17)29-10-12-30(13-11-29)20(32)8-9-31-15-27-23-21(24(31)33)22(28-34-23)16-4-6-18(26)7-5-16/h1-7,14-15H,8-13H2. The van der Waals surface area contributed by atoms with E-state index in [2.05, 4.69) is 15.0 Å². The lowest BCUT2D eigenvalue weighted by Gasteiger charge is -2.36. The molecule has 0 spiro atoms. The Labute approximate surface area is 199 Å². The van der Waals surface area contributed by atoms with Crippen LogP contribution in [0, 0.1) is 5.82 Å². The average Bonchev–Trinajstić information content (AvgIpc) is 3.29. The number of amides is 1. The van der Waals surface area contributed by atoms with Crippen molar-refractivity contribution in [3.63, 3.8) is 0 Å². The molecule has 1 fully saturated rings. The van der Waals surface area contributed by atoms with Gasteiger partial charge in [-0.2, -0.15) is 0 Å². The third kappa shape index (κ3) is 4.38. The second-order valence-corrected chi connectivity index (χ2v) is 8.50. The molecular formula is C24H21ClFN5O3. The summed E-state index contributed by atoms with van der Waals surface area (Å²) in [5.41, 5.74) is 1.63. The quantitative estimate of drug-likeness (QED) is 0.433. The number of carbonyl (C=O) groups excluding carboxylic acids is 1. The zero-order valence-corrected chi connectivity index (χ0v) is 18.9. The van der Waals surface area contributed by atoms with E-state index in [9.17, 15) is 14.0 Å². The van der Waals surface area contributed by atoms with E-state index >= 15 is 0 Å². The van der Waals surface area contributed by atoms with Crippen molar-refractivity contribution in [3.8, 4) is 11.3 Å². The highest BCUT2D eigenvalue weighted by Gasteiger charge is 2.22. The molecule has 0 unspecified atom stereocenters. The molecule has 1 amide bonds. The van der Waals surface area contributed by atoms with Crippen molar-refractivity contribution in [2.45, 2.75) is 13.0 Å². The van der Waals surface area contributed by atoms with E-state index in [-0.39, 0.29) is 41.3 Å². The van der Waals surface area contributed by atoms with Gasteiger partial charge >= 0.3 is 0 Å². The van der Waals surface area contributed by atoms with Crippen molar-refractivity contribution in [1.29, 1.82) is 0 Å². The number of fused-ring (bicyclic) bond motifs is 1. The zero-order chi connectivity index (χ0) is 23.7. The Morgan fingerprint density at radius 1 is 1.09 bits per heavy atom. The van der Waals surface area contributed by atoms with E-state index < -0.39 is 0 Å². The molecule has 5 rings (SSSR count). The number of hydrogen-bond acceptors (Lipinski definition) is 6. The first-order valence-electron chi connectivity index (χ1n) is 10.9. The lowest BCUT2D eigenvalue weighted by atomic mass is 10.1. The van der Waals surface area contributed by atoms with Crippen LogP contribution < -0.4 is 10.5 Å². The lowest BCUT2D eigenvalue weighted by molar-refractivity contribution is -0.131. The fourth-order valence-corrected chi connectivity index (χ4v) is 4.29. The first-order chi connectivity index (χ1) is 16.5. The predicted molar refractivity (Wildman–Crippen MR) is 126 cm³/mol. The normalized spacial score (nSPS) is 14.1. The molecule has 2 aromatic carbocycles. The van der Waals surface area contributed by atoms with Crippen LogP contribution in [0.15, 0.2) is 64.2 Å². The number of benzene rings is 2. The molecule has 4 aromatic rings. The van der Waals surface area contributed by atoms with Gasteiger partial charge in [-0.3, -0.25) is 14.2 Å². The largest absolute Gasteiger partial charge is 0.368 e. The number of rotatable bonds is 5. The summed E-state index contributed by atoms with van der Waals surface area (Å²) in [6.45, 7) is 2.79. The molecule has 10 heteroatoms. The topological polar surface area (TPSA) is 84.5 Å². The fraction of sp³-hybridized carbons (Fsp3) is 0.250. The molecule has 34 heavy (non-hydrogen) atoms. The maximum absolute atomic E-state index is 13.3. The number of halogens is 2. The summed E-state index contributed by atoms with van der Waals surface area (Å²) in [4.78, 5) is 34.0. The summed E-state index contributed by atoms with van der Waals surface area (Å²) >= 11 is 6.09. The maximum atomic E-state index is 13.3. The van der Waals surface area contributed by atoms with Gasteiger partial charge in [0.25, 0.3) is 11.3 Å². The minimum Gasteiger partial charge on any atom is -0.368 e. The smallest absolute Gasteiger partial charge is 0.266 e. The first kappa shape index (κ1) is 22.1. The Hall–Kier alpha value is -3.72. The van der Waals surface area contributed by atoms with E-state index in [1.807, 2.05) is 24.3 Å². The molecule has 174 valence electrons. The molecule has 1 aliphatic heterocycles. The molecular weight excluding hydrogens is 461 g/mol. The molecule has 8 nitrogen and oxygen atoms in total.